The topological polar surface area (TPSA) is 66.5 Å². The number of ketones is 1. The van der Waals surface area contributed by atoms with Crippen molar-refractivity contribution >= 4 is 17.7 Å². The lowest BCUT2D eigenvalue weighted by molar-refractivity contribution is -0.132. The summed E-state index contributed by atoms with van der Waals surface area (Å²) in [5, 5.41) is 2.88. The molecule has 0 saturated carbocycles. The van der Waals surface area contributed by atoms with Gasteiger partial charge in [0, 0.05) is 13.0 Å². The van der Waals surface area contributed by atoms with Gasteiger partial charge >= 0.3 is 6.03 Å². The van der Waals surface area contributed by atoms with Gasteiger partial charge in [-0.2, -0.15) is 0 Å². The Morgan fingerprint density at radius 3 is 2.86 bits per heavy atom. The van der Waals surface area contributed by atoms with Crippen molar-refractivity contribution in [2.45, 2.75) is 38.1 Å². The maximum atomic E-state index is 12.8. The summed E-state index contributed by atoms with van der Waals surface area (Å²) in [4.78, 5) is 37.3. The van der Waals surface area contributed by atoms with E-state index in [0.29, 0.717) is 6.42 Å². The van der Waals surface area contributed by atoms with Crippen molar-refractivity contribution in [1.82, 2.24) is 10.2 Å². The number of Topliss-reactive ketones (excluding diaryl/α,β-unsaturated/α-hetero) is 1. The molecule has 1 atom stereocenters. The van der Waals surface area contributed by atoms with Crippen LogP contribution in [0.3, 0.4) is 0 Å². The van der Waals surface area contributed by atoms with Crippen LogP contribution in [0.5, 0.6) is 0 Å². The fourth-order valence-corrected chi connectivity index (χ4v) is 3.28. The fraction of sp³-hybridized carbons (Fsp3) is 0.438. The van der Waals surface area contributed by atoms with Crippen LogP contribution in [0.15, 0.2) is 24.3 Å². The lowest BCUT2D eigenvalue weighted by Gasteiger charge is -2.33. The lowest BCUT2D eigenvalue weighted by Crippen LogP contribution is -2.46. The molecule has 1 aliphatic heterocycles. The number of nitrogens with one attached hydrogen (secondary N) is 1. The minimum Gasteiger partial charge on any atom is -0.319 e. The molecule has 1 aromatic rings. The molecule has 1 spiro atoms. The molecule has 0 bridgehead atoms. The number of fused-ring (bicyclic) bond motifs is 2. The van der Waals surface area contributed by atoms with Crippen LogP contribution in [-0.4, -0.2) is 29.2 Å². The van der Waals surface area contributed by atoms with E-state index in [-0.39, 0.29) is 24.7 Å². The van der Waals surface area contributed by atoms with Gasteiger partial charge in [-0.15, -0.1) is 0 Å². The van der Waals surface area contributed by atoms with Gasteiger partial charge in [0.05, 0.1) is 0 Å². The van der Waals surface area contributed by atoms with Crippen LogP contribution < -0.4 is 5.32 Å². The molecule has 2 aliphatic rings. The van der Waals surface area contributed by atoms with Crippen molar-refractivity contribution in [3.63, 3.8) is 0 Å². The third-order valence-corrected chi connectivity index (χ3v) is 4.34. The molecule has 1 aromatic carbocycles. The standard InChI is InChI=1S/C16H18N2O3/c1-11(19)8-10-18-14(20)16(17-15(18)21)9-4-6-12-5-2-3-7-13(12)16/h2-3,5,7H,4,6,8-10H2,1H3,(H,17,21)/t16-/m0/s1. The van der Waals surface area contributed by atoms with Crippen LogP contribution in [0.25, 0.3) is 0 Å². The minimum atomic E-state index is -0.928. The van der Waals surface area contributed by atoms with E-state index in [0.717, 1.165) is 24.0 Å². The molecule has 5 heteroatoms. The molecule has 0 radical (unpaired) electrons. The lowest BCUT2D eigenvalue weighted by atomic mass is 9.76. The van der Waals surface area contributed by atoms with E-state index < -0.39 is 11.6 Å². The first-order valence-corrected chi connectivity index (χ1v) is 7.26. The molecule has 21 heavy (non-hydrogen) atoms. The number of nitrogens with zero attached hydrogens (tertiary/aromatic N) is 1. The van der Waals surface area contributed by atoms with Gasteiger partial charge in [-0.05, 0) is 37.3 Å². The predicted octanol–water partition coefficient (Wildman–Crippen LogP) is 1.75. The fourth-order valence-electron chi connectivity index (χ4n) is 3.28. The molecule has 1 N–H and O–H groups in total. The van der Waals surface area contributed by atoms with E-state index in [2.05, 4.69) is 5.32 Å². The van der Waals surface area contributed by atoms with Crippen molar-refractivity contribution in [2.24, 2.45) is 0 Å². The number of urea groups is 1. The van der Waals surface area contributed by atoms with Gasteiger partial charge in [0.25, 0.3) is 5.91 Å². The number of carbonyl (C=O) groups is 3. The van der Waals surface area contributed by atoms with Crippen molar-refractivity contribution in [3.05, 3.63) is 35.4 Å². The second kappa shape index (κ2) is 4.98. The highest BCUT2D eigenvalue weighted by Gasteiger charge is 2.53. The van der Waals surface area contributed by atoms with Crippen molar-refractivity contribution in [2.75, 3.05) is 6.54 Å². The summed E-state index contributed by atoms with van der Waals surface area (Å²) in [6.07, 6.45) is 2.61. The van der Waals surface area contributed by atoms with Gasteiger partial charge in [0.1, 0.15) is 11.3 Å². The maximum Gasteiger partial charge on any atom is 0.325 e. The first-order chi connectivity index (χ1) is 10.0. The predicted molar refractivity (Wildman–Crippen MR) is 76.6 cm³/mol. The SMILES string of the molecule is CC(=O)CCN1C(=O)N[C@]2(CCCc3ccccc32)C1=O. The number of hydrogen-bond acceptors (Lipinski definition) is 3. The highest BCUT2D eigenvalue weighted by Crippen LogP contribution is 2.39. The van der Waals surface area contributed by atoms with E-state index in [1.165, 1.54) is 11.8 Å². The number of benzene rings is 1. The molecule has 3 rings (SSSR count). The third-order valence-electron chi connectivity index (χ3n) is 4.34. The largest absolute Gasteiger partial charge is 0.325 e. The van der Waals surface area contributed by atoms with Crippen LogP contribution in [0.4, 0.5) is 4.79 Å². The quantitative estimate of drug-likeness (QED) is 0.861. The molecule has 1 fully saturated rings. The molecular formula is C16H18N2O3. The molecule has 1 heterocycles. The van der Waals surface area contributed by atoms with E-state index in [1.54, 1.807) is 0 Å². The van der Waals surface area contributed by atoms with Gasteiger partial charge in [0.15, 0.2) is 0 Å². The number of aryl methyl sites for hydroxylation is 1. The molecule has 3 amide bonds. The monoisotopic (exact) mass is 286 g/mol. The van der Waals surface area contributed by atoms with E-state index >= 15 is 0 Å². The van der Waals surface area contributed by atoms with Crippen molar-refractivity contribution in [3.8, 4) is 0 Å². The van der Waals surface area contributed by atoms with Gasteiger partial charge in [-0.1, -0.05) is 24.3 Å². The van der Waals surface area contributed by atoms with Gasteiger partial charge in [0.2, 0.25) is 0 Å². The highest BCUT2D eigenvalue weighted by molar-refractivity contribution is 6.08. The number of rotatable bonds is 3. The molecule has 0 unspecified atom stereocenters. The number of amides is 3. The Labute approximate surface area is 123 Å². The van der Waals surface area contributed by atoms with E-state index in [4.69, 9.17) is 0 Å². The molecule has 1 saturated heterocycles. The van der Waals surface area contributed by atoms with Crippen LogP contribution in [0, 0.1) is 0 Å². The second-order valence-electron chi connectivity index (χ2n) is 5.75. The molecule has 0 aromatic heterocycles. The Morgan fingerprint density at radius 2 is 2.10 bits per heavy atom. The molecular weight excluding hydrogens is 268 g/mol. The summed E-state index contributed by atoms with van der Waals surface area (Å²) in [5.74, 6) is -0.249. The zero-order valence-electron chi connectivity index (χ0n) is 12.0. The van der Waals surface area contributed by atoms with Crippen molar-refractivity contribution < 1.29 is 14.4 Å². The van der Waals surface area contributed by atoms with Crippen LogP contribution in [0.1, 0.15) is 37.3 Å². The third kappa shape index (κ3) is 2.13. The zero-order valence-corrected chi connectivity index (χ0v) is 12.0. The number of carbonyl (C=O) groups excluding carboxylic acids is 3. The van der Waals surface area contributed by atoms with Gasteiger partial charge < -0.3 is 5.32 Å². The Bertz CT molecular complexity index is 626. The number of hydrogen-bond donors (Lipinski definition) is 1. The molecule has 5 nitrogen and oxygen atoms in total. The summed E-state index contributed by atoms with van der Waals surface area (Å²) >= 11 is 0. The summed E-state index contributed by atoms with van der Waals surface area (Å²) in [7, 11) is 0. The maximum absolute atomic E-state index is 12.8. The van der Waals surface area contributed by atoms with E-state index in [1.807, 2.05) is 24.3 Å². The smallest absolute Gasteiger partial charge is 0.319 e. The zero-order chi connectivity index (χ0) is 15.0. The molecule has 110 valence electrons. The normalized spacial score (nSPS) is 24.1. The first-order valence-electron chi connectivity index (χ1n) is 7.26. The van der Waals surface area contributed by atoms with Gasteiger partial charge in [-0.3, -0.25) is 14.5 Å². The molecule has 1 aliphatic carbocycles. The average molecular weight is 286 g/mol. The summed E-state index contributed by atoms with van der Waals surface area (Å²) < 4.78 is 0. The van der Waals surface area contributed by atoms with Gasteiger partial charge in [-0.25, -0.2) is 4.79 Å². The van der Waals surface area contributed by atoms with E-state index in [9.17, 15) is 14.4 Å². The minimum absolute atomic E-state index is 0.0272. The second-order valence-corrected chi connectivity index (χ2v) is 5.75. The number of imide groups is 1. The summed E-state index contributed by atoms with van der Waals surface area (Å²) in [6.45, 7) is 1.62. The summed E-state index contributed by atoms with van der Waals surface area (Å²) in [6, 6.07) is 7.38. The Kier molecular flexibility index (Phi) is 3.27. The average Bonchev–Trinajstić information content (AvgIpc) is 2.69. The van der Waals surface area contributed by atoms with Crippen LogP contribution in [0.2, 0.25) is 0 Å². The Balaban J connectivity index is 1.95. The Morgan fingerprint density at radius 1 is 1.33 bits per heavy atom. The van der Waals surface area contributed by atoms with Crippen LogP contribution in [-0.2, 0) is 21.5 Å². The highest BCUT2D eigenvalue weighted by atomic mass is 16.2. The summed E-state index contributed by atoms with van der Waals surface area (Å²) in [5.41, 5.74) is 1.09. The first kappa shape index (κ1) is 13.8. The van der Waals surface area contributed by atoms with Crippen LogP contribution >= 0.6 is 0 Å². The Hall–Kier alpha value is -2.17. The van der Waals surface area contributed by atoms with Crippen molar-refractivity contribution in [1.29, 1.82) is 0 Å².